The van der Waals surface area contributed by atoms with E-state index in [9.17, 15) is 0 Å². The molecule has 0 unspecified atom stereocenters. The topological polar surface area (TPSA) is 22.1 Å². The molecule has 96 valence electrons. The highest BCUT2D eigenvalue weighted by Crippen LogP contribution is 2.39. The zero-order valence-electron chi connectivity index (χ0n) is 10.9. The first-order valence-corrected chi connectivity index (χ1v) is 6.98. The van der Waals surface area contributed by atoms with Crippen LogP contribution in [0.2, 0.25) is 0 Å². The molecule has 0 bridgehead atoms. The molecular weight excluding hydrogens is 302 g/mol. The van der Waals surface area contributed by atoms with Crippen LogP contribution in [0.15, 0.2) is 53.1 Å². The maximum atomic E-state index is 6.00. The number of fused-ring (bicyclic) bond motifs is 1. The van der Waals surface area contributed by atoms with Crippen molar-refractivity contribution in [3.8, 4) is 5.75 Å². The lowest BCUT2D eigenvalue weighted by molar-refractivity contribution is 0.158. The van der Waals surface area contributed by atoms with Crippen LogP contribution in [0.3, 0.4) is 0 Å². The molecule has 2 nitrogen and oxygen atoms in total. The van der Waals surface area contributed by atoms with E-state index in [1.54, 1.807) is 0 Å². The fourth-order valence-corrected chi connectivity index (χ4v) is 2.63. The Balaban J connectivity index is 2.21. The van der Waals surface area contributed by atoms with Crippen LogP contribution in [0.4, 0.5) is 0 Å². The Bertz CT molecular complexity index is 647. The molecule has 1 aliphatic heterocycles. The van der Waals surface area contributed by atoms with Crippen molar-refractivity contribution in [1.29, 1.82) is 0 Å². The van der Waals surface area contributed by atoms with Gasteiger partial charge in [-0.2, -0.15) is 0 Å². The summed E-state index contributed by atoms with van der Waals surface area (Å²) in [6, 6.07) is 12.0. The summed E-state index contributed by atoms with van der Waals surface area (Å²) < 4.78 is 7.04. The lowest BCUT2D eigenvalue weighted by Gasteiger charge is -2.31. The van der Waals surface area contributed by atoms with Crippen LogP contribution in [0, 0.1) is 0 Å². The molecule has 0 fully saturated rings. The molecule has 2 aromatic rings. The first-order chi connectivity index (χ1) is 9.05. The van der Waals surface area contributed by atoms with Gasteiger partial charge in [0.15, 0.2) is 0 Å². The van der Waals surface area contributed by atoms with Crippen LogP contribution in [0.5, 0.6) is 5.75 Å². The summed E-state index contributed by atoms with van der Waals surface area (Å²) in [5, 5.41) is 0. The van der Waals surface area contributed by atoms with E-state index < -0.39 is 0 Å². The summed E-state index contributed by atoms with van der Waals surface area (Å²) in [6.07, 6.45) is 3.94. The molecule has 1 aliphatic rings. The Labute approximate surface area is 121 Å². The van der Waals surface area contributed by atoms with E-state index in [0.29, 0.717) is 0 Å². The largest absolute Gasteiger partial charge is 0.483 e. The number of pyridine rings is 1. The second-order valence-electron chi connectivity index (χ2n) is 5.12. The number of rotatable bonds is 1. The fourth-order valence-electron chi connectivity index (χ4n) is 2.27. The lowest BCUT2D eigenvalue weighted by Crippen LogP contribution is -2.29. The third kappa shape index (κ3) is 2.43. The fraction of sp³-hybridized carbons (Fsp3) is 0.188. The average Bonchev–Trinajstić information content (AvgIpc) is 2.39. The second-order valence-corrected chi connectivity index (χ2v) is 6.03. The van der Waals surface area contributed by atoms with Gasteiger partial charge in [-0.1, -0.05) is 22.0 Å². The molecule has 0 radical (unpaired) electrons. The molecule has 0 spiro atoms. The number of aromatic nitrogens is 1. The molecule has 19 heavy (non-hydrogen) atoms. The van der Waals surface area contributed by atoms with Gasteiger partial charge in [0.05, 0.1) is 5.69 Å². The van der Waals surface area contributed by atoms with E-state index in [-0.39, 0.29) is 5.60 Å². The highest BCUT2D eigenvalue weighted by molar-refractivity contribution is 9.10. The van der Waals surface area contributed by atoms with Crippen LogP contribution in [-0.2, 0) is 0 Å². The minimum Gasteiger partial charge on any atom is -0.483 e. The third-order valence-electron chi connectivity index (χ3n) is 3.04. The van der Waals surface area contributed by atoms with Crippen LogP contribution in [0.25, 0.3) is 5.57 Å². The second kappa shape index (κ2) is 4.49. The van der Waals surface area contributed by atoms with Gasteiger partial charge in [-0.05, 0) is 50.3 Å². The molecular formula is C16H14BrNO. The van der Waals surface area contributed by atoms with E-state index in [4.69, 9.17) is 4.74 Å². The van der Waals surface area contributed by atoms with Gasteiger partial charge < -0.3 is 4.74 Å². The molecule has 0 N–H and O–H groups in total. The number of nitrogens with zero attached hydrogens (tertiary/aromatic N) is 1. The summed E-state index contributed by atoms with van der Waals surface area (Å²) in [5.74, 6) is 0.899. The minimum absolute atomic E-state index is 0.326. The van der Waals surface area contributed by atoms with Crippen molar-refractivity contribution in [2.75, 3.05) is 0 Å². The first-order valence-electron chi connectivity index (χ1n) is 6.18. The average molecular weight is 316 g/mol. The molecule has 0 amide bonds. The Morgan fingerprint density at radius 2 is 2.00 bits per heavy atom. The molecule has 0 saturated carbocycles. The van der Waals surface area contributed by atoms with Gasteiger partial charge in [0, 0.05) is 21.8 Å². The molecule has 0 atom stereocenters. The monoisotopic (exact) mass is 315 g/mol. The van der Waals surface area contributed by atoms with Crippen molar-refractivity contribution < 1.29 is 4.74 Å². The van der Waals surface area contributed by atoms with E-state index in [1.807, 2.05) is 36.5 Å². The molecule has 3 rings (SSSR count). The molecule has 0 saturated heterocycles. The third-order valence-corrected chi connectivity index (χ3v) is 3.53. The van der Waals surface area contributed by atoms with Gasteiger partial charge in [-0.25, -0.2) is 0 Å². The van der Waals surface area contributed by atoms with Crippen molar-refractivity contribution >= 4 is 21.5 Å². The lowest BCUT2D eigenvalue weighted by atomic mass is 9.92. The maximum Gasteiger partial charge on any atom is 0.128 e. The smallest absolute Gasteiger partial charge is 0.128 e. The summed E-state index contributed by atoms with van der Waals surface area (Å²) in [7, 11) is 0. The zero-order chi connectivity index (χ0) is 13.5. The number of hydrogen-bond donors (Lipinski definition) is 0. The van der Waals surface area contributed by atoms with E-state index in [1.165, 1.54) is 0 Å². The van der Waals surface area contributed by atoms with Crippen LogP contribution >= 0.6 is 15.9 Å². The predicted molar refractivity (Wildman–Crippen MR) is 80.2 cm³/mol. The van der Waals surface area contributed by atoms with Gasteiger partial charge in [0.1, 0.15) is 11.4 Å². The number of hydrogen-bond acceptors (Lipinski definition) is 2. The van der Waals surface area contributed by atoms with Crippen molar-refractivity contribution in [2.24, 2.45) is 0 Å². The standard InChI is InChI=1S/C16H14BrNO/c1-16(2)10-13(14-5-3-4-8-18-14)12-9-11(17)6-7-15(12)19-16/h3-10H,1-2H3. The molecule has 1 aromatic heterocycles. The van der Waals surface area contributed by atoms with Crippen LogP contribution in [-0.4, -0.2) is 10.6 Å². The van der Waals surface area contributed by atoms with Crippen LogP contribution in [0.1, 0.15) is 25.1 Å². The normalized spacial score (nSPS) is 16.3. The van der Waals surface area contributed by atoms with Crippen LogP contribution < -0.4 is 4.74 Å². The van der Waals surface area contributed by atoms with Gasteiger partial charge in [0.25, 0.3) is 0 Å². The maximum absolute atomic E-state index is 6.00. The van der Waals surface area contributed by atoms with Crippen molar-refractivity contribution in [1.82, 2.24) is 4.98 Å². The summed E-state index contributed by atoms with van der Waals surface area (Å²) >= 11 is 3.52. The Hall–Kier alpha value is -1.61. The highest BCUT2D eigenvalue weighted by Gasteiger charge is 2.27. The van der Waals surface area contributed by atoms with E-state index in [0.717, 1.165) is 27.1 Å². The first kappa shape index (κ1) is 12.4. The SMILES string of the molecule is CC1(C)C=C(c2ccccn2)c2cc(Br)ccc2O1. The van der Waals surface area contributed by atoms with Crippen molar-refractivity contribution in [3.63, 3.8) is 0 Å². The number of ether oxygens (including phenoxy) is 1. The quantitative estimate of drug-likeness (QED) is 0.775. The summed E-state index contributed by atoms with van der Waals surface area (Å²) in [4.78, 5) is 4.46. The molecule has 3 heteroatoms. The zero-order valence-corrected chi connectivity index (χ0v) is 12.4. The van der Waals surface area contributed by atoms with Gasteiger partial charge in [0.2, 0.25) is 0 Å². The number of halogens is 1. The summed E-state index contributed by atoms with van der Waals surface area (Å²) in [6.45, 7) is 4.11. The Morgan fingerprint density at radius 1 is 1.16 bits per heavy atom. The van der Waals surface area contributed by atoms with E-state index >= 15 is 0 Å². The van der Waals surface area contributed by atoms with Crippen molar-refractivity contribution in [3.05, 3.63) is 64.4 Å². The molecule has 1 aromatic carbocycles. The van der Waals surface area contributed by atoms with E-state index in [2.05, 4.69) is 46.9 Å². The minimum atomic E-state index is -0.326. The molecule has 2 heterocycles. The Kier molecular flexibility index (Phi) is 2.94. The Morgan fingerprint density at radius 3 is 2.74 bits per heavy atom. The predicted octanol–water partition coefficient (Wildman–Crippen LogP) is 4.45. The summed E-state index contributed by atoms with van der Waals surface area (Å²) in [5.41, 5.74) is 2.84. The molecule has 0 aliphatic carbocycles. The van der Waals surface area contributed by atoms with Gasteiger partial charge >= 0.3 is 0 Å². The number of benzene rings is 1. The van der Waals surface area contributed by atoms with Crippen molar-refractivity contribution in [2.45, 2.75) is 19.4 Å². The van der Waals surface area contributed by atoms with Gasteiger partial charge in [-0.3, -0.25) is 4.98 Å². The van der Waals surface area contributed by atoms with Gasteiger partial charge in [-0.15, -0.1) is 0 Å². The highest BCUT2D eigenvalue weighted by atomic mass is 79.9.